The van der Waals surface area contributed by atoms with Gasteiger partial charge in [0.1, 0.15) is 11.8 Å². The van der Waals surface area contributed by atoms with Gasteiger partial charge < -0.3 is 5.11 Å². The highest BCUT2D eigenvalue weighted by molar-refractivity contribution is 5.82. The average Bonchev–Trinajstić information content (AvgIpc) is 2.18. The Balaban J connectivity index is 2.61. The zero-order valence-electron chi connectivity index (χ0n) is 9.40. The topological polar surface area (TPSA) is 57.6 Å². The fraction of sp³-hybridized carbons (Fsp3) is 0.818. The van der Waals surface area contributed by atoms with Crippen molar-refractivity contribution in [2.75, 3.05) is 13.1 Å². The number of carboxylic acids is 1. The van der Waals surface area contributed by atoms with Gasteiger partial charge in [-0.1, -0.05) is 20.3 Å². The van der Waals surface area contributed by atoms with Gasteiger partial charge in [-0.3, -0.25) is 14.5 Å². The zero-order valence-corrected chi connectivity index (χ0v) is 9.40. The van der Waals surface area contributed by atoms with Gasteiger partial charge in [-0.25, -0.2) is 0 Å². The molecule has 0 bridgehead atoms. The molecule has 1 aliphatic rings. The van der Waals surface area contributed by atoms with Crippen LogP contribution in [0.1, 0.15) is 33.1 Å². The first-order chi connectivity index (χ1) is 7.06. The number of carbonyl (C=O) groups is 2. The van der Waals surface area contributed by atoms with Gasteiger partial charge in [-0.2, -0.15) is 0 Å². The van der Waals surface area contributed by atoms with Crippen LogP contribution >= 0.6 is 0 Å². The molecule has 0 aromatic heterocycles. The van der Waals surface area contributed by atoms with Gasteiger partial charge >= 0.3 is 5.97 Å². The van der Waals surface area contributed by atoms with Gasteiger partial charge in [-0.05, 0) is 6.42 Å². The predicted octanol–water partition coefficient (Wildman–Crippen LogP) is 1.15. The van der Waals surface area contributed by atoms with Gasteiger partial charge in [0.2, 0.25) is 0 Å². The molecule has 1 fully saturated rings. The lowest BCUT2D eigenvalue weighted by Crippen LogP contribution is -2.48. The summed E-state index contributed by atoms with van der Waals surface area (Å²) in [6, 6.07) is -0.412. The van der Waals surface area contributed by atoms with Crippen molar-refractivity contribution in [3.8, 4) is 0 Å². The first kappa shape index (κ1) is 12.2. The van der Waals surface area contributed by atoms with E-state index < -0.39 is 12.0 Å². The summed E-state index contributed by atoms with van der Waals surface area (Å²) in [5.74, 6) is -0.525. The molecule has 1 N–H and O–H groups in total. The summed E-state index contributed by atoms with van der Waals surface area (Å²) in [7, 11) is 0. The molecule has 1 heterocycles. The van der Waals surface area contributed by atoms with Crippen molar-refractivity contribution in [2.45, 2.75) is 39.2 Å². The van der Waals surface area contributed by atoms with Crippen molar-refractivity contribution in [3.05, 3.63) is 0 Å². The molecule has 0 aliphatic carbocycles. The number of aliphatic carboxylic acids is 1. The van der Waals surface area contributed by atoms with Crippen LogP contribution in [0.25, 0.3) is 0 Å². The number of rotatable bonds is 4. The van der Waals surface area contributed by atoms with Crippen LogP contribution in [-0.2, 0) is 9.59 Å². The maximum absolute atomic E-state index is 11.3. The monoisotopic (exact) mass is 213 g/mol. The van der Waals surface area contributed by atoms with Crippen molar-refractivity contribution in [1.82, 2.24) is 4.90 Å². The van der Waals surface area contributed by atoms with E-state index in [0.717, 1.165) is 6.42 Å². The molecular formula is C11H19NO3. The van der Waals surface area contributed by atoms with Crippen molar-refractivity contribution in [2.24, 2.45) is 5.92 Å². The smallest absolute Gasteiger partial charge is 0.320 e. The van der Waals surface area contributed by atoms with Crippen LogP contribution in [-0.4, -0.2) is 40.9 Å². The maximum atomic E-state index is 11.3. The number of ketones is 1. The predicted molar refractivity (Wildman–Crippen MR) is 56.7 cm³/mol. The van der Waals surface area contributed by atoms with Crippen LogP contribution in [0.15, 0.2) is 0 Å². The molecule has 0 radical (unpaired) electrons. The minimum Gasteiger partial charge on any atom is -0.480 e. The second-order valence-corrected chi connectivity index (χ2v) is 4.26. The van der Waals surface area contributed by atoms with Crippen molar-refractivity contribution in [3.63, 3.8) is 0 Å². The number of Topliss-reactive ketones (excluding diaryl/α,β-unsaturated/α-hetero) is 1. The van der Waals surface area contributed by atoms with Gasteiger partial charge in [0.05, 0.1) is 0 Å². The first-order valence-electron chi connectivity index (χ1n) is 5.55. The van der Waals surface area contributed by atoms with E-state index in [1.54, 1.807) is 0 Å². The second-order valence-electron chi connectivity index (χ2n) is 4.26. The van der Waals surface area contributed by atoms with Gasteiger partial charge in [0.15, 0.2) is 0 Å². The van der Waals surface area contributed by atoms with E-state index in [1.807, 2.05) is 18.7 Å². The normalized spacial score (nSPS) is 25.2. The Morgan fingerprint density at radius 2 is 2.33 bits per heavy atom. The van der Waals surface area contributed by atoms with E-state index in [2.05, 4.69) is 0 Å². The van der Waals surface area contributed by atoms with E-state index in [4.69, 9.17) is 5.11 Å². The highest BCUT2D eigenvalue weighted by Crippen LogP contribution is 2.17. The van der Waals surface area contributed by atoms with Crippen LogP contribution in [0.3, 0.4) is 0 Å². The molecule has 0 amide bonds. The quantitative estimate of drug-likeness (QED) is 0.761. The molecule has 15 heavy (non-hydrogen) atoms. The molecule has 2 unspecified atom stereocenters. The summed E-state index contributed by atoms with van der Waals surface area (Å²) in [4.78, 5) is 24.3. The molecule has 4 heteroatoms. The molecule has 0 aromatic carbocycles. The van der Waals surface area contributed by atoms with Crippen LogP contribution < -0.4 is 0 Å². The third kappa shape index (κ3) is 3.02. The molecule has 1 rings (SSSR count). The van der Waals surface area contributed by atoms with Gasteiger partial charge in [-0.15, -0.1) is 0 Å². The number of piperidine rings is 1. The van der Waals surface area contributed by atoms with Crippen molar-refractivity contribution in [1.29, 1.82) is 0 Å². The lowest BCUT2D eigenvalue weighted by Gasteiger charge is -2.34. The van der Waals surface area contributed by atoms with E-state index in [-0.39, 0.29) is 11.7 Å². The molecule has 1 aliphatic heterocycles. The fourth-order valence-electron chi connectivity index (χ4n) is 2.06. The number of carbonyl (C=O) groups excluding carboxylic acids is 1. The summed E-state index contributed by atoms with van der Waals surface area (Å²) in [5, 5.41) is 9.08. The van der Waals surface area contributed by atoms with Crippen molar-refractivity contribution >= 4 is 11.8 Å². The van der Waals surface area contributed by atoms with Gasteiger partial charge in [0.25, 0.3) is 0 Å². The summed E-state index contributed by atoms with van der Waals surface area (Å²) in [6.45, 7) is 5.05. The molecule has 0 spiro atoms. The lowest BCUT2D eigenvalue weighted by atomic mass is 9.96. The second kappa shape index (κ2) is 5.26. The van der Waals surface area contributed by atoms with E-state index in [9.17, 15) is 9.59 Å². The molecule has 86 valence electrons. The molecule has 1 saturated heterocycles. The number of carboxylic acid groups (broad SMARTS) is 1. The molecule has 2 atom stereocenters. The number of nitrogens with zero attached hydrogens (tertiary/aromatic N) is 1. The Labute approximate surface area is 90.3 Å². The average molecular weight is 213 g/mol. The minimum atomic E-state index is -0.765. The standard InChI is InChI=1S/C11H19NO3/c1-3-4-9(11(14)15)12-6-5-10(13)8(2)7-12/h8-9H,3-7H2,1-2H3,(H,14,15). The lowest BCUT2D eigenvalue weighted by molar-refractivity contribution is -0.146. The van der Waals surface area contributed by atoms with Crippen LogP contribution in [0, 0.1) is 5.92 Å². The SMILES string of the molecule is CCCC(C(=O)O)N1CCC(=O)C(C)C1. The van der Waals surface area contributed by atoms with Crippen LogP contribution in [0.4, 0.5) is 0 Å². The molecule has 0 saturated carbocycles. The fourth-order valence-corrected chi connectivity index (χ4v) is 2.06. The van der Waals surface area contributed by atoms with E-state index >= 15 is 0 Å². The minimum absolute atomic E-state index is 0.0162. The van der Waals surface area contributed by atoms with Crippen molar-refractivity contribution < 1.29 is 14.7 Å². The summed E-state index contributed by atoms with van der Waals surface area (Å²) in [6.07, 6.45) is 2.01. The van der Waals surface area contributed by atoms with Gasteiger partial charge in [0, 0.05) is 25.4 Å². The number of likely N-dealkylation sites (tertiary alicyclic amines) is 1. The highest BCUT2D eigenvalue weighted by atomic mass is 16.4. The van der Waals surface area contributed by atoms with Crippen LogP contribution in [0.2, 0.25) is 0 Å². The Bertz CT molecular complexity index is 252. The Morgan fingerprint density at radius 3 is 2.80 bits per heavy atom. The van der Waals surface area contributed by atoms with E-state index in [0.29, 0.717) is 25.9 Å². The third-order valence-corrected chi connectivity index (χ3v) is 2.99. The first-order valence-corrected chi connectivity index (χ1v) is 5.55. The third-order valence-electron chi connectivity index (χ3n) is 2.99. The highest BCUT2D eigenvalue weighted by Gasteiger charge is 2.31. The Kier molecular flexibility index (Phi) is 4.27. The molecular weight excluding hydrogens is 194 g/mol. The molecule has 0 aromatic rings. The van der Waals surface area contributed by atoms with Crippen LogP contribution in [0.5, 0.6) is 0 Å². The summed E-state index contributed by atoms with van der Waals surface area (Å²) in [5.41, 5.74) is 0. The number of hydrogen-bond donors (Lipinski definition) is 1. The summed E-state index contributed by atoms with van der Waals surface area (Å²) < 4.78 is 0. The van der Waals surface area contributed by atoms with E-state index in [1.165, 1.54) is 0 Å². The zero-order chi connectivity index (χ0) is 11.4. The Hall–Kier alpha value is -0.900. The molecule has 4 nitrogen and oxygen atoms in total. The number of hydrogen-bond acceptors (Lipinski definition) is 3. The largest absolute Gasteiger partial charge is 0.480 e. The maximum Gasteiger partial charge on any atom is 0.320 e. The Morgan fingerprint density at radius 1 is 1.67 bits per heavy atom. The summed E-state index contributed by atoms with van der Waals surface area (Å²) >= 11 is 0.